The third-order valence-corrected chi connectivity index (χ3v) is 3.37. The molecule has 0 aliphatic carbocycles. The van der Waals surface area contributed by atoms with E-state index in [-0.39, 0.29) is 8.47 Å². The average molecular weight is 373 g/mol. The smallest absolute Gasteiger partial charge is 0.251 e. The molecule has 0 saturated carbocycles. The molecule has 1 aromatic heterocycles. The summed E-state index contributed by atoms with van der Waals surface area (Å²) in [5.41, 5.74) is -5.75. The van der Waals surface area contributed by atoms with Crippen molar-refractivity contribution in [3.63, 3.8) is 0 Å². The van der Waals surface area contributed by atoms with Gasteiger partial charge >= 0.3 is 11.7 Å². The summed E-state index contributed by atoms with van der Waals surface area (Å²) in [5, 5.41) is 0. The summed E-state index contributed by atoms with van der Waals surface area (Å²) in [6, 6.07) is 0.578. The van der Waals surface area contributed by atoms with Crippen LogP contribution in [0.25, 0.3) is 0 Å². The highest BCUT2D eigenvalue weighted by Crippen LogP contribution is 2.39. The first-order valence-corrected chi connectivity index (χ1v) is 5.47. The van der Waals surface area contributed by atoms with Crippen LogP contribution in [0.4, 0.5) is 26.3 Å². The van der Waals surface area contributed by atoms with Crippen molar-refractivity contribution >= 4 is 34.4 Å². The Morgan fingerprint density at radius 1 is 1.12 bits per heavy atom. The molecule has 0 atom stereocenters. The Balaban J connectivity index is 3.01. The number of alkyl halides is 6. The molecule has 0 saturated heterocycles. The van der Waals surface area contributed by atoms with E-state index in [2.05, 4.69) is 4.98 Å². The fourth-order valence-electron chi connectivity index (χ4n) is 0.773. The van der Waals surface area contributed by atoms with Gasteiger partial charge in [0.25, 0.3) is 0 Å². The van der Waals surface area contributed by atoms with Crippen LogP contribution in [-0.4, -0.2) is 10.5 Å². The lowest BCUT2D eigenvalue weighted by Gasteiger charge is -2.10. The molecule has 0 spiro atoms. The van der Waals surface area contributed by atoms with E-state index in [0.717, 1.165) is 0 Å². The zero-order valence-electron chi connectivity index (χ0n) is 7.16. The summed E-state index contributed by atoms with van der Waals surface area (Å²) < 4.78 is 72.2. The van der Waals surface area contributed by atoms with Gasteiger partial charge in [0.1, 0.15) is 5.69 Å². The molecule has 0 amide bonds. The molecule has 0 unspecified atom stereocenters. The molecule has 0 aliphatic rings. The number of nitrogens with zero attached hydrogens (tertiary/aromatic N) is 1. The summed E-state index contributed by atoms with van der Waals surface area (Å²) >= 11 is 0.915. The Kier molecular flexibility index (Phi) is 3.98. The topological polar surface area (TPSA) is 12.9 Å². The van der Waals surface area contributed by atoms with Crippen LogP contribution in [0, 0.1) is 3.57 Å². The maximum absolute atomic E-state index is 12.1. The molecule has 0 N–H and O–H groups in total. The van der Waals surface area contributed by atoms with Gasteiger partial charge < -0.3 is 0 Å². The maximum atomic E-state index is 12.1. The third kappa shape index (κ3) is 4.00. The van der Waals surface area contributed by atoms with E-state index in [4.69, 9.17) is 0 Å². The highest BCUT2D eigenvalue weighted by molar-refractivity contribution is 14.1. The van der Waals surface area contributed by atoms with Gasteiger partial charge in [-0.1, -0.05) is 0 Å². The van der Waals surface area contributed by atoms with E-state index in [1.165, 1.54) is 22.6 Å². The molecule has 1 rings (SSSR count). The van der Waals surface area contributed by atoms with E-state index in [1.807, 2.05) is 0 Å². The Morgan fingerprint density at radius 2 is 1.69 bits per heavy atom. The predicted octanol–water partition coefficient (Wildman–Crippen LogP) is 4.32. The standard InChI is InChI=1S/C7H2F6INS/c8-6(9,10)5-1-3(14)4(2-15-5)16-7(11,12)13/h1-2H. The van der Waals surface area contributed by atoms with Crippen molar-refractivity contribution in [3.8, 4) is 0 Å². The first-order valence-electron chi connectivity index (χ1n) is 3.58. The lowest BCUT2D eigenvalue weighted by atomic mass is 10.3. The number of pyridine rings is 1. The molecular formula is C7H2F6INS. The molecule has 0 bridgehead atoms. The second kappa shape index (κ2) is 4.59. The van der Waals surface area contributed by atoms with E-state index < -0.39 is 29.1 Å². The molecule has 0 aromatic carbocycles. The van der Waals surface area contributed by atoms with Gasteiger partial charge in [-0.15, -0.1) is 0 Å². The van der Waals surface area contributed by atoms with E-state index >= 15 is 0 Å². The molecule has 90 valence electrons. The van der Waals surface area contributed by atoms with Crippen molar-refractivity contribution in [1.29, 1.82) is 0 Å². The number of hydrogen-bond acceptors (Lipinski definition) is 2. The highest BCUT2D eigenvalue weighted by Gasteiger charge is 2.35. The van der Waals surface area contributed by atoms with Crippen molar-refractivity contribution in [2.24, 2.45) is 0 Å². The Bertz CT molecular complexity index is 387. The minimum Gasteiger partial charge on any atom is -0.251 e. The predicted molar refractivity (Wildman–Crippen MR) is 53.9 cm³/mol. The Labute approximate surface area is 104 Å². The first kappa shape index (κ1) is 13.9. The fraction of sp³-hybridized carbons (Fsp3) is 0.286. The summed E-state index contributed by atoms with van der Waals surface area (Å²) in [6.45, 7) is 0. The summed E-state index contributed by atoms with van der Waals surface area (Å²) in [4.78, 5) is 2.60. The van der Waals surface area contributed by atoms with E-state index in [0.29, 0.717) is 12.3 Å². The minimum atomic E-state index is -4.65. The van der Waals surface area contributed by atoms with Crippen molar-refractivity contribution in [1.82, 2.24) is 4.98 Å². The summed E-state index contributed by atoms with van der Waals surface area (Å²) in [5.74, 6) is 0. The van der Waals surface area contributed by atoms with Crippen molar-refractivity contribution in [3.05, 3.63) is 21.5 Å². The molecule has 9 heteroatoms. The molecule has 0 fully saturated rings. The van der Waals surface area contributed by atoms with Crippen LogP contribution in [0.3, 0.4) is 0 Å². The van der Waals surface area contributed by atoms with Crippen LogP contribution in [0.5, 0.6) is 0 Å². The van der Waals surface area contributed by atoms with Crippen LogP contribution in [0.1, 0.15) is 5.69 Å². The first-order chi connectivity index (χ1) is 7.09. The van der Waals surface area contributed by atoms with Gasteiger partial charge in [0, 0.05) is 14.7 Å². The largest absolute Gasteiger partial charge is 0.446 e. The monoisotopic (exact) mass is 373 g/mol. The van der Waals surface area contributed by atoms with Crippen LogP contribution in [-0.2, 0) is 6.18 Å². The van der Waals surface area contributed by atoms with Gasteiger partial charge in [-0.2, -0.15) is 26.3 Å². The second-order valence-electron chi connectivity index (χ2n) is 2.55. The molecule has 0 aliphatic heterocycles. The molecule has 0 radical (unpaired) electrons. The van der Waals surface area contributed by atoms with Crippen molar-refractivity contribution in [2.75, 3.05) is 0 Å². The van der Waals surface area contributed by atoms with Crippen LogP contribution in [0.15, 0.2) is 17.2 Å². The zero-order valence-corrected chi connectivity index (χ0v) is 10.1. The van der Waals surface area contributed by atoms with Gasteiger partial charge in [-0.05, 0) is 40.4 Å². The molecule has 16 heavy (non-hydrogen) atoms. The zero-order chi connectivity index (χ0) is 12.6. The van der Waals surface area contributed by atoms with Crippen LogP contribution >= 0.6 is 34.4 Å². The van der Waals surface area contributed by atoms with Crippen LogP contribution < -0.4 is 0 Å². The number of thioether (sulfide) groups is 1. The number of hydrogen-bond donors (Lipinski definition) is 0. The molecule has 1 heterocycles. The Hall–Kier alpha value is -0.190. The number of aromatic nitrogens is 1. The second-order valence-corrected chi connectivity index (χ2v) is 4.81. The Morgan fingerprint density at radius 3 is 2.06 bits per heavy atom. The molecule has 1 aromatic rings. The highest BCUT2D eigenvalue weighted by atomic mass is 127. The summed E-state index contributed by atoms with van der Waals surface area (Å²) in [7, 11) is 0. The molecule has 1 nitrogen and oxygen atoms in total. The normalized spacial score (nSPS) is 12.9. The SMILES string of the molecule is FC(F)(F)Sc1cnc(C(F)(F)F)cc1I. The van der Waals surface area contributed by atoms with Gasteiger partial charge in [-0.3, -0.25) is 4.98 Å². The van der Waals surface area contributed by atoms with Gasteiger partial charge in [-0.25, -0.2) is 0 Å². The number of rotatable bonds is 1. The third-order valence-electron chi connectivity index (χ3n) is 1.34. The van der Waals surface area contributed by atoms with Gasteiger partial charge in [0.15, 0.2) is 0 Å². The van der Waals surface area contributed by atoms with E-state index in [1.54, 1.807) is 0 Å². The summed E-state index contributed by atoms with van der Waals surface area (Å²) in [6.07, 6.45) is -4.08. The van der Waals surface area contributed by atoms with Crippen LogP contribution in [0.2, 0.25) is 0 Å². The lowest BCUT2D eigenvalue weighted by Crippen LogP contribution is -2.09. The minimum absolute atomic E-state index is 0.137. The van der Waals surface area contributed by atoms with Crippen molar-refractivity contribution < 1.29 is 26.3 Å². The van der Waals surface area contributed by atoms with Crippen molar-refractivity contribution in [2.45, 2.75) is 16.6 Å². The number of halogens is 7. The fourth-order valence-corrected chi connectivity index (χ4v) is 2.05. The average Bonchev–Trinajstić information content (AvgIpc) is 2.04. The van der Waals surface area contributed by atoms with E-state index in [9.17, 15) is 26.3 Å². The van der Waals surface area contributed by atoms with Gasteiger partial charge in [0.2, 0.25) is 0 Å². The maximum Gasteiger partial charge on any atom is 0.446 e. The lowest BCUT2D eigenvalue weighted by molar-refractivity contribution is -0.141. The molecular weight excluding hydrogens is 371 g/mol. The quantitative estimate of drug-likeness (QED) is 0.413. The van der Waals surface area contributed by atoms with Gasteiger partial charge in [0.05, 0.1) is 0 Å².